The van der Waals surface area contributed by atoms with E-state index in [0.717, 1.165) is 16.9 Å². The second-order valence-electron chi connectivity index (χ2n) is 6.54. The summed E-state index contributed by atoms with van der Waals surface area (Å²) in [5.41, 5.74) is 8.40. The van der Waals surface area contributed by atoms with Crippen LogP contribution in [0.1, 0.15) is 21.6 Å². The number of H-pyrrole nitrogens is 1. The molecule has 27 heavy (non-hydrogen) atoms. The molecule has 2 amide bonds. The Balaban J connectivity index is 1.67. The Bertz CT molecular complexity index is 1010. The van der Waals surface area contributed by atoms with Crippen molar-refractivity contribution in [3.8, 4) is 0 Å². The lowest BCUT2D eigenvalue weighted by molar-refractivity contribution is -0.121. The minimum Gasteiger partial charge on any atom is -0.378 e. The molecule has 2 aromatic carbocycles. The molecular weight excluding hydrogens is 347 g/mol. The predicted molar refractivity (Wildman–Crippen MR) is 103 cm³/mol. The molecule has 0 atom stereocenters. The van der Waals surface area contributed by atoms with E-state index in [1.165, 1.54) is 12.1 Å². The van der Waals surface area contributed by atoms with Crippen LogP contribution in [-0.4, -0.2) is 30.9 Å². The number of nitrogens with zero attached hydrogens (tertiary/aromatic N) is 1. The van der Waals surface area contributed by atoms with E-state index in [2.05, 4.69) is 15.8 Å². The summed E-state index contributed by atoms with van der Waals surface area (Å²) in [4.78, 5) is 29.5. The van der Waals surface area contributed by atoms with Gasteiger partial charge in [0.1, 0.15) is 5.82 Å². The zero-order valence-corrected chi connectivity index (χ0v) is 15.4. The Morgan fingerprint density at radius 2 is 1.89 bits per heavy atom. The average Bonchev–Trinajstić information content (AvgIpc) is 2.94. The van der Waals surface area contributed by atoms with E-state index in [0.29, 0.717) is 16.5 Å². The average molecular weight is 368 g/mol. The van der Waals surface area contributed by atoms with Crippen LogP contribution in [0.3, 0.4) is 0 Å². The van der Waals surface area contributed by atoms with Crippen molar-refractivity contribution in [1.82, 2.24) is 15.8 Å². The standard InChI is InChI=1S/C20H21FN4O2/c1-12-16(17-10-14(21)7-8-18(17)22-12)11-19(26)23-24-20(27)13-5-4-6-15(9-13)25(2)3/h4-10,22H,11H2,1-3H3,(H,23,26)(H,24,27). The second-order valence-corrected chi connectivity index (χ2v) is 6.54. The first-order chi connectivity index (χ1) is 12.8. The van der Waals surface area contributed by atoms with Crippen LogP contribution in [0.5, 0.6) is 0 Å². The highest BCUT2D eigenvalue weighted by atomic mass is 19.1. The largest absolute Gasteiger partial charge is 0.378 e. The highest BCUT2D eigenvalue weighted by Crippen LogP contribution is 2.23. The molecule has 3 rings (SSSR count). The first-order valence-corrected chi connectivity index (χ1v) is 8.48. The summed E-state index contributed by atoms with van der Waals surface area (Å²) < 4.78 is 13.5. The second kappa shape index (κ2) is 7.49. The number of aromatic amines is 1. The number of rotatable bonds is 4. The zero-order chi connectivity index (χ0) is 19.6. The molecule has 6 nitrogen and oxygen atoms in total. The number of hydrogen-bond acceptors (Lipinski definition) is 3. The van der Waals surface area contributed by atoms with Crippen LogP contribution in [0.15, 0.2) is 42.5 Å². The Morgan fingerprint density at radius 3 is 2.63 bits per heavy atom. The molecule has 0 saturated heterocycles. The van der Waals surface area contributed by atoms with Crippen molar-refractivity contribution >= 4 is 28.4 Å². The molecule has 7 heteroatoms. The van der Waals surface area contributed by atoms with Gasteiger partial charge in [-0.1, -0.05) is 6.07 Å². The topological polar surface area (TPSA) is 77.2 Å². The van der Waals surface area contributed by atoms with E-state index in [1.54, 1.807) is 24.3 Å². The fourth-order valence-corrected chi connectivity index (χ4v) is 2.91. The predicted octanol–water partition coefficient (Wildman–Crippen LogP) is 2.69. The third kappa shape index (κ3) is 4.08. The van der Waals surface area contributed by atoms with Crippen molar-refractivity contribution in [2.75, 3.05) is 19.0 Å². The fourth-order valence-electron chi connectivity index (χ4n) is 2.91. The quantitative estimate of drug-likeness (QED) is 0.620. The lowest BCUT2D eigenvalue weighted by atomic mass is 10.1. The SMILES string of the molecule is Cc1[nH]c2ccc(F)cc2c1CC(=O)NNC(=O)c1cccc(N(C)C)c1. The van der Waals surface area contributed by atoms with Gasteiger partial charge in [-0.25, -0.2) is 4.39 Å². The van der Waals surface area contributed by atoms with Gasteiger partial charge < -0.3 is 9.88 Å². The van der Waals surface area contributed by atoms with Crippen LogP contribution in [0, 0.1) is 12.7 Å². The van der Waals surface area contributed by atoms with Crippen molar-refractivity contribution in [1.29, 1.82) is 0 Å². The lowest BCUT2D eigenvalue weighted by Gasteiger charge is -2.13. The van der Waals surface area contributed by atoms with E-state index >= 15 is 0 Å². The number of carbonyl (C=O) groups excluding carboxylic acids is 2. The summed E-state index contributed by atoms with van der Waals surface area (Å²) >= 11 is 0. The van der Waals surface area contributed by atoms with Crippen molar-refractivity contribution in [2.45, 2.75) is 13.3 Å². The Labute approximate surface area is 156 Å². The number of aryl methyl sites for hydroxylation is 1. The highest BCUT2D eigenvalue weighted by Gasteiger charge is 2.14. The Kier molecular flexibility index (Phi) is 5.12. The molecule has 0 spiro atoms. The summed E-state index contributed by atoms with van der Waals surface area (Å²) in [5, 5.41) is 0.660. The van der Waals surface area contributed by atoms with Crippen LogP contribution in [0.2, 0.25) is 0 Å². The Hall–Kier alpha value is -3.35. The number of amides is 2. The van der Waals surface area contributed by atoms with E-state index in [9.17, 15) is 14.0 Å². The summed E-state index contributed by atoms with van der Waals surface area (Å²) in [7, 11) is 3.76. The van der Waals surface area contributed by atoms with Crippen molar-refractivity contribution < 1.29 is 14.0 Å². The minimum atomic E-state index is -0.409. The molecule has 1 aromatic heterocycles. The molecule has 0 fully saturated rings. The van der Waals surface area contributed by atoms with Crippen molar-refractivity contribution in [3.05, 3.63) is 65.1 Å². The highest BCUT2D eigenvalue weighted by molar-refractivity contribution is 5.97. The van der Waals surface area contributed by atoms with Gasteiger partial charge in [-0.3, -0.25) is 20.4 Å². The molecule has 0 aliphatic rings. The lowest BCUT2D eigenvalue weighted by Crippen LogP contribution is -2.42. The number of aromatic nitrogens is 1. The van der Waals surface area contributed by atoms with Gasteiger partial charge in [0.05, 0.1) is 6.42 Å². The van der Waals surface area contributed by atoms with Gasteiger partial charge in [0.25, 0.3) is 5.91 Å². The first kappa shape index (κ1) is 18.4. The fraction of sp³-hybridized carbons (Fsp3) is 0.200. The maximum absolute atomic E-state index is 13.5. The number of nitrogens with one attached hydrogen (secondary N) is 3. The minimum absolute atomic E-state index is 0.0211. The van der Waals surface area contributed by atoms with Gasteiger partial charge in [0, 0.05) is 41.9 Å². The molecule has 1 heterocycles. The smallest absolute Gasteiger partial charge is 0.269 e. The third-order valence-corrected chi connectivity index (χ3v) is 4.36. The summed E-state index contributed by atoms with van der Waals surface area (Å²) in [6.07, 6.45) is 0.0211. The molecular formula is C20H21FN4O2. The molecule has 0 saturated carbocycles. The van der Waals surface area contributed by atoms with Crippen LogP contribution in [0.25, 0.3) is 10.9 Å². The monoisotopic (exact) mass is 368 g/mol. The van der Waals surface area contributed by atoms with E-state index in [-0.39, 0.29) is 18.1 Å². The molecule has 0 bridgehead atoms. The van der Waals surface area contributed by atoms with Gasteiger partial charge in [-0.05, 0) is 48.9 Å². The molecule has 0 aliphatic heterocycles. The number of fused-ring (bicyclic) bond motifs is 1. The van der Waals surface area contributed by atoms with Crippen molar-refractivity contribution in [3.63, 3.8) is 0 Å². The normalized spacial score (nSPS) is 10.7. The van der Waals surface area contributed by atoms with Gasteiger partial charge in [-0.2, -0.15) is 0 Å². The van der Waals surface area contributed by atoms with Crippen LogP contribution in [0.4, 0.5) is 10.1 Å². The number of hydrogen-bond donors (Lipinski definition) is 3. The van der Waals surface area contributed by atoms with Gasteiger partial charge >= 0.3 is 0 Å². The first-order valence-electron chi connectivity index (χ1n) is 8.48. The number of halogens is 1. The maximum atomic E-state index is 13.5. The molecule has 0 radical (unpaired) electrons. The van der Waals surface area contributed by atoms with Gasteiger partial charge in [-0.15, -0.1) is 0 Å². The summed E-state index contributed by atoms with van der Waals surface area (Å²) in [6.45, 7) is 1.83. The molecule has 3 aromatic rings. The molecule has 0 unspecified atom stereocenters. The van der Waals surface area contributed by atoms with E-state index in [1.807, 2.05) is 32.0 Å². The number of hydrazine groups is 1. The van der Waals surface area contributed by atoms with Crippen LogP contribution < -0.4 is 15.8 Å². The van der Waals surface area contributed by atoms with Gasteiger partial charge in [0.2, 0.25) is 5.91 Å². The molecule has 0 aliphatic carbocycles. The third-order valence-electron chi connectivity index (χ3n) is 4.36. The maximum Gasteiger partial charge on any atom is 0.269 e. The summed E-state index contributed by atoms with van der Waals surface area (Å²) in [6, 6.07) is 11.5. The number of benzene rings is 2. The Morgan fingerprint density at radius 1 is 1.11 bits per heavy atom. The van der Waals surface area contributed by atoms with Crippen LogP contribution >= 0.6 is 0 Å². The molecule has 3 N–H and O–H groups in total. The number of anilines is 1. The zero-order valence-electron chi connectivity index (χ0n) is 15.4. The van der Waals surface area contributed by atoms with Crippen molar-refractivity contribution in [2.24, 2.45) is 0 Å². The number of carbonyl (C=O) groups is 2. The summed E-state index contributed by atoms with van der Waals surface area (Å²) in [5.74, 6) is -1.16. The van der Waals surface area contributed by atoms with E-state index < -0.39 is 5.91 Å². The van der Waals surface area contributed by atoms with Gasteiger partial charge in [0.15, 0.2) is 0 Å². The van der Waals surface area contributed by atoms with E-state index in [4.69, 9.17) is 0 Å². The van der Waals surface area contributed by atoms with Crippen LogP contribution in [-0.2, 0) is 11.2 Å². The molecule has 140 valence electrons.